The number of hydrogen-bond donors (Lipinski definition) is 1. The number of hydrogen-bond acceptors (Lipinski definition) is 4. The number of carboxylic acid groups (broad SMARTS) is 1. The number of fused-ring (bicyclic) bond motifs is 1. The number of benzene rings is 3. The van der Waals surface area contributed by atoms with E-state index in [0.717, 1.165) is 31.9 Å². The van der Waals surface area contributed by atoms with Gasteiger partial charge in [0.1, 0.15) is 0 Å². The van der Waals surface area contributed by atoms with E-state index in [9.17, 15) is 14.7 Å². The number of carbonyl (C=O) groups is 1. The highest BCUT2D eigenvalue weighted by molar-refractivity contribution is 6.30. The van der Waals surface area contributed by atoms with Crippen LogP contribution in [0.5, 0.6) is 0 Å². The van der Waals surface area contributed by atoms with Crippen LogP contribution in [0.2, 0.25) is 5.02 Å². The maximum absolute atomic E-state index is 13.6. The van der Waals surface area contributed by atoms with Crippen LogP contribution in [0, 0.1) is 0 Å². The number of piperazine rings is 1. The minimum atomic E-state index is -1.03. The fourth-order valence-electron chi connectivity index (χ4n) is 4.66. The van der Waals surface area contributed by atoms with E-state index < -0.39 is 5.97 Å². The molecule has 172 valence electrons. The van der Waals surface area contributed by atoms with E-state index in [1.807, 2.05) is 54.6 Å². The van der Waals surface area contributed by atoms with Gasteiger partial charge in [-0.25, -0.2) is 4.79 Å². The second-order valence-electron chi connectivity index (χ2n) is 8.39. The molecule has 0 aliphatic carbocycles. The third kappa shape index (κ3) is 4.18. The first-order valence-corrected chi connectivity index (χ1v) is 11.6. The van der Waals surface area contributed by atoms with Crippen LogP contribution >= 0.6 is 11.6 Å². The van der Waals surface area contributed by atoms with Crippen molar-refractivity contribution in [2.75, 3.05) is 31.1 Å². The normalized spacial score (nSPS) is 14.4. The Morgan fingerprint density at radius 1 is 0.794 bits per heavy atom. The maximum atomic E-state index is 13.6. The first-order chi connectivity index (χ1) is 16.5. The molecule has 1 aliphatic heterocycles. The van der Waals surface area contributed by atoms with Gasteiger partial charge >= 0.3 is 5.97 Å². The molecule has 34 heavy (non-hydrogen) atoms. The van der Waals surface area contributed by atoms with Crippen LogP contribution in [-0.4, -0.2) is 46.7 Å². The van der Waals surface area contributed by atoms with E-state index in [-0.39, 0.29) is 11.1 Å². The van der Waals surface area contributed by atoms with E-state index in [1.54, 1.807) is 28.8 Å². The Hall–Kier alpha value is -3.61. The molecule has 6 nitrogen and oxygen atoms in total. The number of rotatable bonds is 5. The maximum Gasteiger partial charge on any atom is 0.338 e. The smallest absolute Gasteiger partial charge is 0.338 e. The van der Waals surface area contributed by atoms with Crippen LogP contribution in [0.15, 0.2) is 83.7 Å². The van der Waals surface area contributed by atoms with Gasteiger partial charge in [0.15, 0.2) is 0 Å². The molecule has 0 spiro atoms. The van der Waals surface area contributed by atoms with Crippen LogP contribution < -0.4 is 10.5 Å². The average molecular weight is 474 g/mol. The Bertz CT molecular complexity index is 1390. The molecular formula is C27H24ClN3O3. The van der Waals surface area contributed by atoms with Gasteiger partial charge in [0.2, 0.25) is 0 Å². The summed E-state index contributed by atoms with van der Waals surface area (Å²) in [6.45, 7) is 3.46. The van der Waals surface area contributed by atoms with Crippen LogP contribution in [0.25, 0.3) is 16.5 Å². The SMILES string of the molecule is O=C(O)c1c(CN2CCN(c3ccc(Cl)cc3)CC2)n(-c2ccccc2)c(=O)c2ccccc12. The quantitative estimate of drug-likeness (QED) is 0.456. The van der Waals surface area contributed by atoms with Gasteiger partial charge < -0.3 is 10.0 Å². The molecule has 0 radical (unpaired) electrons. The minimum absolute atomic E-state index is 0.180. The lowest BCUT2D eigenvalue weighted by atomic mass is 10.0. The van der Waals surface area contributed by atoms with Crippen molar-refractivity contribution in [3.8, 4) is 5.69 Å². The monoisotopic (exact) mass is 473 g/mol. The summed E-state index contributed by atoms with van der Waals surface area (Å²) < 4.78 is 1.57. The Balaban J connectivity index is 1.54. The molecule has 0 atom stereocenters. The highest BCUT2D eigenvalue weighted by atomic mass is 35.5. The van der Waals surface area contributed by atoms with Gasteiger partial charge in [-0.2, -0.15) is 0 Å². The van der Waals surface area contributed by atoms with E-state index in [4.69, 9.17) is 11.6 Å². The van der Waals surface area contributed by atoms with Crippen LogP contribution in [0.3, 0.4) is 0 Å². The van der Waals surface area contributed by atoms with Crippen LogP contribution in [0.4, 0.5) is 5.69 Å². The fourth-order valence-corrected chi connectivity index (χ4v) is 4.79. The topological polar surface area (TPSA) is 65.8 Å². The number of aromatic carboxylic acids is 1. The van der Waals surface area contributed by atoms with Gasteiger partial charge in [0.25, 0.3) is 5.56 Å². The summed E-state index contributed by atoms with van der Waals surface area (Å²) in [7, 11) is 0. The zero-order valence-corrected chi connectivity index (χ0v) is 19.3. The average Bonchev–Trinajstić information content (AvgIpc) is 2.86. The molecule has 0 unspecified atom stereocenters. The number of aromatic nitrogens is 1. The molecule has 3 aromatic carbocycles. The molecule has 5 rings (SSSR count). The van der Waals surface area contributed by atoms with Gasteiger partial charge in [-0.1, -0.05) is 48.0 Å². The zero-order chi connectivity index (χ0) is 23.7. The molecule has 1 aliphatic rings. The third-order valence-corrected chi connectivity index (χ3v) is 6.61. The molecular weight excluding hydrogens is 450 g/mol. The van der Waals surface area contributed by atoms with Crippen molar-refractivity contribution in [2.24, 2.45) is 0 Å². The third-order valence-electron chi connectivity index (χ3n) is 6.35. The largest absolute Gasteiger partial charge is 0.478 e. The molecule has 0 bridgehead atoms. The molecule has 0 saturated carbocycles. The molecule has 7 heteroatoms. The van der Waals surface area contributed by atoms with Crippen molar-refractivity contribution in [1.29, 1.82) is 0 Å². The van der Waals surface area contributed by atoms with Crippen molar-refractivity contribution < 1.29 is 9.90 Å². The molecule has 4 aromatic rings. The Morgan fingerprint density at radius 3 is 2.06 bits per heavy atom. The van der Waals surface area contributed by atoms with Gasteiger partial charge in [-0.3, -0.25) is 14.3 Å². The summed E-state index contributed by atoms with van der Waals surface area (Å²) in [5.41, 5.74) is 2.25. The summed E-state index contributed by atoms with van der Waals surface area (Å²) in [6.07, 6.45) is 0. The number of anilines is 1. The Kier molecular flexibility index (Phi) is 6.09. The lowest BCUT2D eigenvalue weighted by Gasteiger charge is -2.36. The predicted molar refractivity (Wildman–Crippen MR) is 135 cm³/mol. The predicted octanol–water partition coefficient (Wildman–Crippen LogP) is 4.66. The number of para-hydroxylation sites is 1. The number of pyridine rings is 1. The Labute approximate surface area is 202 Å². The van der Waals surface area contributed by atoms with Gasteiger partial charge in [0.05, 0.1) is 11.3 Å². The van der Waals surface area contributed by atoms with Crippen molar-refractivity contribution in [3.63, 3.8) is 0 Å². The van der Waals surface area contributed by atoms with Crippen molar-refractivity contribution in [1.82, 2.24) is 9.47 Å². The first-order valence-electron chi connectivity index (χ1n) is 11.2. The lowest BCUT2D eigenvalue weighted by molar-refractivity contribution is 0.0695. The fraction of sp³-hybridized carbons (Fsp3) is 0.185. The molecule has 1 N–H and O–H groups in total. The zero-order valence-electron chi connectivity index (χ0n) is 18.5. The summed E-state index contributed by atoms with van der Waals surface area (Å²) >= 11 is 6.02. The van der Waals surface area contributed by atoms with E-state index >= 15 is 0 Å². The first kappa shape index (κ1) is 22.2. The number of nitrogens with zero attached hydrogens (tertiary/aromatic N) is 3. The summed E-state index contributed by atoms with van der Waals surface area (Å²) in [5, 5.41) is 11.8. The summed E-state index contributed by atoms with van der Waals surface area (Å²) in [5.74, 6) is -1.03. The number of halogens is 1. The van der Waals surface area contributed by atoms with Crippen molar-refractivity contribution >= 4 is 34.0 Å². The Morgan fingerprint density at radius 2 is 1.41 bits per heavy atom. The van der Waals surface area contributed by atoms with E-state index in [0.29, 0.717) is 33.7 Å². The summed E-state index contributed by atoms with van der Waals surface area (Å²) in [6, 6.07) is 24.0. The molecule has 1 aromatic heterocycles. The van der Waals surface area contributed by atoms with E-state index in [1.165, 1.54) is 0 Å². The molecule has 1 fully saturated rings. The highest BCUT2D eigenvalue weighted by Crippen LogP contribution is 2.25. The van der Waals surface area contributed by atoms with E-state index in [2.05, 4.69) is 9.80 Å². The standard InChI is InChI=1S/C27H24ClN3O3/c28-19-10-12-20(13-11-19)30-16-14-29(15-17-30)18-24-25(27(33)34)22-8-4-5-9-23(22)26(32)31(24)21-6-2-1-3-7-21/h1-13H,14-18H2,(H,33,34). The van der Waals surface area contributed by atoms with Gasteiger partial charge in [0, 0.05) is 59.9 Å². The summed E-state index contributed by atoms with van der Waals surface area (Å²) in [4.78, 5) is 30.5. The molecule has 2 heterocycles. The molecule has 1 saturated heterocycles. The lowest BCUT2D eigenvalue weighted by Crippen LogP contribution is -2.46. The van der Waals surface area contributed by atoms with Crippen LogP contribution in [0.1, 0.15) is 16.1 Å². The van der Waals surface area contributed by atoms with Gasteiger partial charge in [-0.15, -0.1) is 0 Å². The second kappa shape index (κ2) is 9.33. The minimum Gasteiger partial charge on any atom is -0.478 e. The van der Waals surface area contributed by atoms with Crippen LogP contribution in [-0.2, 0) is 6.54 Å². The highest BCUT2D eigenvalue weighted by Gasteiger charge is 2.25. The van der Waals surface area contributed by atoms with Crippen molar-refractivity contribution in [2.45, 2.75) is 6.54 Å². The molecule has 0 amide bonds. The number of carboxylic acids is 1. The van der Waals surface area contributed by atoms with Crippen molar-refractivity contribution in [3.05, 3.63) is 105 Å². The van der Waals surface area contributed by atoms with Gasteiger partial charge in [-0.05, 0) is 42.5 Å². The second-order valence-corrected chi connectivity index (χ2v) is 8.82.